The van der Waals surface area contributed by atoms with Crippen molar-refractivity contribution in [3.8, 4) is 22.6 Å². The summed E-state index contributed by atoms with van der Waals surface area (Å²) in [5.41, 5.74) is 1.07. The monoisotopic (exact) mass is 204 g/mol. The molecule has 0 unspecified atom stereocenters. The Morgan fingerprint density at radius 1 is 0.867 bits per heavy atom. The van der Waals surface area contributed by atoms with Gasteiger partial charge in [0, 0.05) is 5.56 Å². The predicted octanol–water partition coefficient (Wildman–Crippen LogP) is 2.90. The van der Waals surface area contributed by atoms with Crippen molar-refractivity contribution in [2.45, 2.75) is 0 Å². The van der Waals surface area contributed by atoms with Crippen LogP contribution in [0.2, 0.25) is 0 Å². The van der Waals surface area contributed by atoms with E-state index in [-0.39, 0.29) is 5.75 Å². The van der Waals surface area contributed by atoms with Crippen LogP contribution in [0.3, 0.4) is 0 Å². The van der Waals surface area contributed by atoms with Crippen molar-refractivity contribution >= 4 is 0 Å². The highest BCUT2D eigenvalue weighted by molar-refractivity contribution is 5.70. The van der Waals surface area contributed by atoms with Gasteiger partial charge < -0.3 is 10.2 Å². The molecule has 0 atom stereocenters. The summed E-state index contributed by atoms with van der Waals surface area (Å²) in [6.45, 7) is 0. The minimum absolute atomic E-state index is 0.0857. The van der Waals surface area contributed by atoms with E-state index in [0.29, 0.717) is 11.1 Å². The zero-order valence-electron chi connectivity index (χ0n) is 7.81. The molecule has 2 nitrogen and oxygen atoms in total. The molecule has 0 radical (unpaired) electrons. The zero-order chi connectivity index (χ0) is 10.8. The normalized spacial score (nSPS) is 10.2. The molecule has 3 heteroatoms. The molecule has 2 aromatic rings. The van der Waals surface area contributed by atoms with Gasteiger partial charge in [-0.15, -0.1) is 0 Å². The fourth-order valence-corrected chi connectivity index (χ4v) is 1.39. The van der Waals surface area contributed by atoms with Crippen LogP contribution in [-0.2, 0) is 0 Å². The first-order chi connectivity index (χ1) is 7.18. The highest BCUT2D eigenvalue weighted by Gasteiger charge is 2.06. The lowest BCUT2D eigenvalue weighted by atomic mass is 10.0. The van der Waals surface area contributed by atoms with E-state index in [2.05, 4.69) is 0 Å². The second kappa shape index (κ2) is 3.61. The second-order valence-electron chi connectivity index (χ2n) is 3.18. The van der Waals surface area contributed by atoms with Gasteiger partial charge in [0.15, 0.2) is 11.6 Å². The Kier molecular flexibility index (Phi) is 2.29. The summed E-state index contributed by atoms with van der Waals surface area (Å²) in [4.78, 5) is 0. The van der Waals surface area contributed by atoms with Gasteiger partial charge in [-0.3, -0.25) is 0 Å². The molecule has 0 heterocycles. The van der Waals surface area contributed by atoms with Crippen LogP contribution in [0.4, 0.5) is 4.39 Å². The molecule has 0 saturated heterocycles. The Hall–Kier alpha value is -2.03. The van der Waals surface area contributed by atoms with Crippen LogP contribution in [0.15, 0.2) is 42.5 Å². The molecule has 0 aliphatic heterocycles. The van der Waals surface area contributed by atoms with Crippen LogP contribution in [0.5, 0.6) is 11.5 Å². The molecule has 2 N–H and O–H groups in total. The Morgan fingerprint density at radius 2 is 1.60 bits per heavy atom. The third-order valence-electron chi connectivity index (χ3n) is 2.16. The van der Waals surface area contributed by atoms with Crippen molar-refractivity contribution in [1.29, 1.82) is 0 Å². The molecule has 0 amide bonds. The van der Waals surface area contributed by atoms with Crippen molar-refractivity contribution in [1.82, 2.24) is 0 Å². The molecule has 0 bridgehead atoms. The van der Waals surface area contributed by atoms with E-state index in [1.165, 1.54) is 18.2 Å². The van der Waals surface area contributed by atoms with Gasteiger partial charge in [0.2, 0.25) is 0 Å². The Labute approximate surface area is 86.2 Å². The molecule has 0 aromatic heterocycles. The van der Waals surface area contributed by atoms with Gasteiger partial charge in [0.25, 0.3) is 0 Å². The molecule has 0 saturated carbocycles. The first kappa shape index (κ1) is 9.52. The second-order valence-corrected chi connectivity index (χ2v) is 3.18. The van der Waals surface area contributed by atoms with E-state index < -0.39 is 11.6 Å². The van der Waals surface area contributed by atoms with Gasteiger partial charge in [0.1, 0.15) is 5.75 Å². The van der Waals surface area contributed by atoms with Crippen molar-refractivity contribution < 1.29 is 14.6 Å². The van der Waals surface area contributed by atoms with E-state index in [1.54, 1.807) is 24.3 Å². The number of rotatable bonds is 1. The third kappa shape index (κ3) is 1.76. The highest BCUT2D eigenvalue weighted by Crippen LogP contribution is 2.30. The van der Waals surface area contributed by atoms with Crippen molar-refractivity contribution in [3.05, 3.63) is 48.3 Å². The van der Waals surface area contributed by atoms with Crippen LogP contribution >= 0.6 is 0 Å². The molecular formula is C12H9FO2. The largest absolute Gasteiger partial charge is 0.507 e. The number of phenols is 2. The van der Waals surface area contributed by atoms with E-state index >= 15 is 0 Å². The minimum Gasteiger partial charge on any atom is -0.507 e. The van der Waals surface area contributed by atoms with Gasteiger partial charge >= 0.3 is 0 Å². The summed E-state index contributed by atoms with van der Waals surface area (Å²) in [5.74, 6) is -1.01. The molecular weight excluding hydrogens is 195 g/mol. The Balaban J connectivity index is 2.55. The number of hydrogen-bond acceptors (Lipinski definition) is 2. The molecule has 0 spiro atoms. The SMILES string of the molecule is Oc1ccc(-c2ccccc2O)cc1F. The van der Waals surface area contributed by atoms with Crippen LogP contribution in [0.25, 0.3) is 11.1 Å². The summed E-state index contributed by atoms with van der Waals surface area (Å²) in [6.07, 6.45) is 0. The summed E-state index contributed by atoms with van der Waals surface area (Å²) in [5, 5.41) is 18.6. The van der Waals surface area contributed by atoms with E-state index in [9.17, 15) is 9.50 Å². The maximum Gasteiger partial charge on any atom is 0.165 e. The van der Waals surface area contributed by atoms with E-state index in [0.717, 1.165) is 0 Å². The van der Waals surface area contributed by atoms with Gasteiger partial charge in [-0.2, -0.15) is 0 Å². The van der Waals surface area contributed by atoms with Gasteiger partial charge in [-0.05, 0) is 23.8 Å². The lowest BCUT2D eigenvalue weighted by molar-refractivity contribution is 0.432. The first-order valence-corrected chi connectivity index (χ1v) is 4.45. The topological polar surface area (TPSA) is 40.5 Å². The zero-order valence-corrected chi connectivity index (χ0v) is 7.81. The fourth-order valence-electron chi connectivity index (χ4n) is 1.39. The lowest BCUT2D eigenvalue weighted by Crippen LogP contribution is -1.81. The molecule has 2 aromatic carbocycles. The fraction of sp³-hybridized carbons (Fsp3) is 0. The summed E-state index contributed by atoms with van der Waals surface area (Å²) < 4.78 is 13.1. The maximum atomic E-state index is 13.1. The number of benzene rings is 2. The molecule has 15 heavy (non-hydrogen) atoms. The van der Waals surface area contributed by atoms with Crippen LogP contribution < -0.4 is 0 Å². The average Bonchev–Trinajstić information content (AvgIpc) is 2.23. The van der Waals surface area contributed by atoms with Gasteiger partial charge in [-0.25, -0.2) is 4.39 Å². The summed E-state index contributed by atoms with van der Waals surface area (Å²) in [7, 11) is 0. The Bertz CT molecular complexity index is 495. The van der Waals surface area contributed by atoms with Crippen molar-refractivity contribution in [3.63, 3.8) is 0 Å². The lowest BCUT2D eigenvalue weighted by Gasteiger charge is -2.04. The number of aromatic hydroxyl groups is 2. The molecule has 76 valence electrons. The Morgan fingerprint density at radius 3 is 2.27 bits per heavy atom. The molecule has 0 aliphatic rings. The van der Waals surface area contributed by atoms with E-state index in [1.807, 2.05) is 0 Å². The number of para-hydroxylation sites is 1. The number of halogens is 1. The highest BCUT2D eigenvalue weighted by atomic mass is 19.1. The van der Waals surface area contributed by atoms with Crippen LogP contribution in [-0.4, -0.2) is 10.2 Å². The summed E-state index contributed by atoms with van der Waals surface area (Å²) >= 11 is 0. The van der Waals surface area contributed by atoms with Gasteiger partial charge in [-0.1, -0.05) is 24.3 Å². The summed E-state index contributed by atoms with van der Waals surface area (Å²) in [6, 6.07) is 10.6. The standard InChI is InChI=1S/C12H9FO2/c13-10-7-8(5-6-12(10)15)9-3-1-2-4-11(9)14/h1-7,14-15H. The number of phenolic OH excluding ortho intramolecular Hbond substituents is 2. The maximum absolute atomic E-state index is 13.1. The first-order valence-electron chi connectivity index (χ1n) is 4.45. The molecule has 0 fully saturated rings. The van der Waals surface area contributed by atoms with Crippen molar-refractivity contribution in [2.24, 2.45) is 0 Å². The predicted molar refractivity (Wildman–Crippen MR) is 55.2 cm³/mol. The van der Waals surface area contributed by atoms with Crippen molar-refractivity contribution in [2.75, 3.05) is 0 Å². The number of hydrogen-bond donors (Lipinski definition) is 2. The van der Waals surface area contributed by atoms with Gasteiger partial charge in [0.05, 0.1) is 0 Å². The van der Waals surface area contributed by atoms with Crippen LogP contribution in [0, 0.1) is 5.82 Å². The quantitative estimate of drug-likeness (QED) is 0.749. The third-order valence-corrected chi connectivity index (χ3v) is 2.16. The minimum atomic E-state index is -0.698. The smallest absolute Gasteiger partial charge is 0.165 e. The molecule has 2 rings (SSSR count). The average molecular weight is 204 g/mol. The molecule has 0 aliphatic carbocycles. The van der Waals surface area contributed by atoms with Crippen LogP contribution in [0.1, 0.15) is 0 Å². The van der Waals surface area contributed by atoms with E-state index in [4.69, 9.17) is 5.11 Å².